The molecule has 1 aromatic heterocycles. The fourth-order valence-electron chi connectivity index (χ4n) is 3.94. The Morgan fingerprint density at radius 3 is 2.57 bits per heavy atom. The van der Waals surface area contributed by atoms with Crippen LogP contribution in [0.5, 0.6) is 0 Å². The smallest absolute Gasteiger partial charge is 0.338 e. The maximum absolute atomic E-state index is 13.4. The Hall–Kier alpha value is -3.70. The number of benzene rings is 2. The number of aromatic nitrogens is 2. The minimum Gasteiger partial charge on any atom is -0.465 e. The molecule has 2 aromatic carbocycles. The van der Waals surface area contributed by atoms with Gasteiger partial charge in [0.25, 0.3) is 5.56 Å². The predicted octanol–water partition coefficient (Wildman–Crippen LogP) is 3.27. The minimum absolute atomic E-state index is 0.0141. The van der Waals surface area contributed by atoms with Crippen LogP contribution in [0.3, 0.4) is 0 Å². The SMILES string of the molecule is CCOC(=O)c1ccc(NC(=O)CSc2nc3cc(C(=O)OC)ccc3c(=O)n2C[C@@H]2CCCO2)cc1. The van der Waals surface area contributed by atoms with Crippen LogP contribution in [0.2, 0.25) is 0 Å². The van der Waals surface area contributed by atoms with Crippen LogP contribution in [-0.2, 0) is 25.5 Å². The fraction of sp³-hybridized carbons (Fsp3) is 0.346. The van der Waals surface area contributed by atoms with Crippen molar-refractivity contribution in [3.8, 4) is 0 Å². The Bertz CT molecular complexity index is 1370. The summed E-state index contributed by atoms with van der Waals surface area (Å²) in [6.07, 6.45) is 1.64. The van der Waals surface area contributed by atoms with E-state index in [2.05, 4.69) is 10.3 Å². The van der Waals surface area contributed by atoms with Gasteiger partial charge in [-0.05, 0) is 62.2 Å². The van der Waals surface area contributed by atoms with Crippen LogP contribution < -0.4 is 10.9 Å². The second-order valence-electron chi connectivity index (χ2n) is 8.30. The number of hydrogen-bond acceptors (Lipinski definition) is 9. The molecule has 1 amide bonds. The van der Waals surface area contributed by atoms with Crippen molar-refractivity contribution in [2.45, 2.75) is 37.6 Å². The van der Waals surface area contributed by atoms with Crippen molar-refractivity contribution in [3.63, 3.8) is 0 Å². The molecule has 0 bridgehead atoms. The van der Waals surface area contributed by atoms with E-state index in [9.17, 15) is 19.2 Å². The van der Waals surface area contributed by atoms with E-state index < -0.39 is 11.9 Å². The third kappa shape index (κ3) is 6.36. The number of nitrogens with one attached hydrogen (secondary N) is 1. The average molecular weight is 526 g/mol. The number of fused-ring (bicyclic) bond motifs is 1. The molecule has 10 nitrogen and oxygen atoms in total. The number of hydrogen-bond donors (Lipinski definition) is 1. The van der Waals surface area contributed by atoms with E-state index in [1.165, 1.54) is 23.8 Å². The number of anilines is 1. The minimum atomic E-state index is -0.533. The molecule has 37 heavy (non-hydrogen) atoms. The van der Waals surface area contributed by atoms with E-state index in [1.807, 2.05) is 0 Å². The van der Waals surface area contributed by atoms with Crippen LogP contribution in [0.1, 0.15) is 40.5 Å². The summed E-state index contributed by atoms with van der Waals surface area (Å²) in [5.41, 5.74) is 1.26. The third-order valence-corrected chi connectivity index (χ3v) is 6.74. The molecule has 0 unspecified atom stereocenters. The highest BCUT2D eigenvalue weighted by Crippen LogP contribution is 2.22. The second kappa shape index (κ2) is 12.0. The van der Waals surface area contributed by atoms with E-state index in [0.717, 1.165) is 24.6 Å². The van der Waals surface area contributed by atoms with Gasteiger partial charge in [0.05, 0.1) is 54.1 Å². The zero-order valence-electron chi connectivity index (χ0n) is 20.5. The van der Waals surface area contributed by atoms with Crippen LogP contribution >= 0.6 is 11.8 Å². The Morgan fingerprint density at radius 2 is 1.89 bits per heavy atom. The number of rotatable bonds is 9. The summed E-state index contributed by atoms with van der Waals surface area (Å²) in [5, 5.41) is 3.49. The largest absolute Gasteiger partial charge is 0.465 e. The highest BCUT2D eigenvalue weighted by molar-refractivity contribution is 7.99. The number of carbonyl (C=O) groups excluding carboxylic acids is 3. The molecule has 1 aliphatic rings. The molecular formula is C26H27N3O7S. The molecule has 0 spiro atoms. The number of esters is 2. The van der Waals surface area contributed by atoms with Gasteiger partial charge in [0.2, 0.25) is 5.91 Å². The van der Waals surface area contributed by atoms with E-state index in [0.29, 0.717) is 40.5 Å². The average Bonchev–Trinajstić information content (AvgIpc) is 3.42. The van der Waals surface area contributed by atoms with E-state index in [4.69, 9.17) is 14.2 Å². The zero-order valence-corrected chi connectivity index (χ0v) is 21.3. The predicted molar refractivity (Wildman–Crippen MR) is 138 cm³/mol. The highest BCUT2D eigenvalue weighted by Gasteiger charge is 2.21. The lowest BCUT2D eigenvalue weighted by Crippen LogP contribution is -2.29. The van der Waals surface area contributed by atoms with Crippen LogP contribution in [-0.4, -0.2) is 59.6 Å². The highest BCUT2D eigenvalue weighted by atomic mass is 32.2. The van der Waals surface area contributed by atoms with Gasteiger partial charge in [-0.15, -0.1) is 0 Å². The van der Waals surface area contributed by atoms with E-state index in [-0.39, 0.29) is 35.5 Å². The van der Waals surface area contributed by atoms with Crippen molar-refractivity contribution in [3.05, 3.63) is 63.9 Å². The Morgan fingerprint density at radius 1 is 1.14 bits per heavy atom. The molecule has 4 rings (SSSR count). The molecule has 0 radical (unpaired) electrons. The van der Waals surface area contributed by atoms with Gasteiger partial charge < -0.3 is 19.5 Å². The molecular weight excluding hydrogens is 498 g/mol. The Labute approximate surface area is 217 Å². The van der Waals surface area contributed by atoms with Crippen LogP contribution in [0.25, 0.3) is 10.9 Å². The number of methoxy groups -OCH3 is 1. The molecule has 0 saturated carbocycles. The molecule has 11 heteroatoms. The monoisotopic (exact) mass is 525 g/mol. The van der Waals surface area contributed by atoms with Crippen molar-refractivity contribution in [1.29, 1.82) is 0 Å². The van der Waals surface area contributed by atoms with E-state index in [1.54, 1.807) is 37.3 Å². The summed E-state index contributed by atoms with van der Waals surface area (Å²) in [6.45, 7) is 2.97. The lowest BCUT2D eigenvalue weighted by molar-refractivity contribution is -0.113. The molecule has 1 fully saturated rings. The molecule has 2 heterocycles. The Balaban J connectivity index is 1.54. The number of thioether (sulfide) groups is 1. The molecule has 1 N–H and O–H groups in total. The molecule has 194 valence electrons. The fourth-order valence-corrected chi connectivity index (χ4v) is 4.75. The van der Waals surface area contributed by atoms with Gasteiger partial charge in [0.1, 0.15) is 0 Å². The normalized spacial score (nSPS) is 14.9. The lowest BCUT2D eigenvalue weighted by Gasteiger charge is -2.16. The first-order valence-corrected chi connectivity index (χ1v) is 12.8. The second-order valence-corrected chi connectivity index (χ2v) is 9.25. The van der Waals surface area contributed by atoms with Gasteiger partial charge in [-0.2, -0.15) is 0 Å². The van der Waals surface area contributed by atoms with Gasteiger partial charge in [0, 0.05) is 12.3 Å². The number of ether oxygens (including phenoxy) is 3. The Kier molecular flexibility index (Phi) is 8.57. The number of nitrogens with zero attached hydrogens (tertiary/aromatic N) is 2. The molecule has 1 saturated heterocycles. The first-order chi connectivity index (χ1) is 17.9. The maximum Gasteiger partial charge on any atom is 0.338 e. The summed E-state index contributed by atoms with van der Waals surface area (Å²) >= 11 is 1.12. The van der Waals surface area contributed by atoms with Crippen molar-refractivity contribution < 1.29 is 28.6 Å². The van der Waals surface area contributed by atoms with Gasteiger partial charge in [-0.1, -0.05) is 11.8 Å². The topological polar surface area (TPSA) is 126 Å². The van der Waals surface area contributed by atoms with Gasteiger partial charge in [0.15, 0.2) is 5.16 Å². The summed E-state index contributed by atoms with van der Waals surface area (Å²) in [6, 6.07) is 11.0. The van der Waals surface area contributed by atoms with Crippen molar-refractivity contribution in [2.24, 2.45) is 0 Å². The summed E-state index contributed by atoms with van der Waals surface area (Å²) in [5.74, 6) is -1.29. The molecule has 1 atom stereocenters. The quantitative estimate of drug-likeness (QED) is 0.254. The van der Waals surface area contributed by atoms with E-state index >= 15 is 0 Å². The molecule has 1 aliphatic heterocycles. The van der Waals surface area contributed by atoms with Gasteiger partial charge in [-0.3, -0.25) is 14.2 Å². The van der Waals surface area contributed by atoms with Crippen molar-refractivity contribution >= 4 is 46.2 Å². The van der Waals surface area contributed by atoms with Crippen LogP contribution in [0.15, 0.2) is 52.4 Å². The number of carbonyl (C=O) groups is 3. The third-order valence-electron chi connectivity index (χ3n) is 5.76. The maximum atomic E-state index is 13.4. The molecule has 0 aliphatic carbocycles. The van der Waals surface area contributed by atoms with Crippen molar-refractivity contribution in [1.82, 2.24) is 9.55 Å². The van der Waals surface area contributed by atoms with Crippen LogP contribution in [0.4, 0.5) is 5.69 Å². The van der Waals surface area contributed by atoms with Gasteiger partial charge >= 0.3 is 11.9 Å². The summed E-state index contributed by atoms with van der Waals surface area (Å²) < 4.78 is 17.0. The lowest BCUT2D eigenvalue weighted by atomic mass is 10.1. The van der Waals surface area contributed by atoms with Crippen molar-refractivity contribution in [2.75, 3.05) is 31.4 Å². The molecule has 3 aromatic rings. The standard InChI is InChI=1S/C26H27N3O7S/c1-3-35-25(33)16-6-9-18(10-7-16)27-22(30)15-37-26-28-21-13-17(24(32)34-2)8-11-20(21)23(31)29(26)14-19-5-4-12-36-19/h6-11,13,19H,3-5,12,14-15H2,1-2H3,(H,27,30)/t19-/m0/s1. The first kappa shape index (κ1) is 26.4. The zero-order chi connectivity index (χ0) is 26.4. The van der Waals surface area contributed by atoms with Crippen LogP contribution in [0, 0.1) is 0 Å². The summed E-state index contributed by atoms with van der Waals surface area (Å²) in [4.78, 5) is 54.4. The van der Waals surface area contributed by atoms with Gasteiger partial charge in [-0.25, -0.2) is 14.6 Å². The summed E-state index contributed by atoms with van der Waals surface area (Å²) in [7, 11) is 1.28. The number of amides is 1. The first-order valence-electron chi connectivity index (χ1n) is 11.8.